The van der Waals surface area contributed by atoms with E-state index in [-0.39, 0.29) is 24.4 Å². The topological polar surface area (TPSA) is 111 Å². The summed E-state index contributed by atoms with van der Waals surface area (Å²) in [5, 5.41) is 0. The van der Waals surface area contributed by atoms with E-state index in [1.54, 1.807) is 28.4 Å². The smallest absolute Gasteiger partial charge is 0.186 e. The summed E-state index contributed by atoms with van der Waals surface area (Å²) >= 11 is 0. The molecule has 3 aliphatic rings. The molecular formula is C22H40O12. The molecule has 34 heavy (non-hydrogen) atoms. The summed E-state index contributed by atoms with van der Waals surface area (Å²) in [5.74, 6) is 0. The van der Waals surface area contributed by atoms with E-state index < -0.39 is 24.8 Å². The maximum Gasteiger partial charge on any atom is 0.186 e. The highest BCUT2D eigenvalue weighted by molar-refractivity contribution is 4.90. The molecule has 0 aliphatic carbocycles. The van der Waals surface area contributed by atoms with E-state index in [1.165, 1.54) is 0 Å². The highest BCUT2D eigenvalue weighted by Gasteiger charge is 2.47. The summed E-state index contributed by atoms with van der Waals surface area (Å²) in [6.45, 7) is 3.66. The Morgan fingerprint density at radius 2 is 0.853 bits per heavy atom. The monoisotopic (exact) mass is 496 g/mol. The molecule has 0 aromatic carbocycles. The van der Waals surface area contributed by atoms with Crippen LogP contribution in [0.25, 0.3) is 0 Å². The van der Waals surface area contributed by atoms with Crippen LogP contribution < -0.4 is 0 Å². The first kappa shape index (κ1) is 28.1. The van der Waals surface area contributed by atoms with Crippen LogP contribution in [0.15, 0.2) is 0 Å². The van der Waals surface area contributed by atoms with Crippen molar-refractivity contribution in [3.8, 4) is 0 Å². The molecule has 12 heteroatoms. The first-order valence-corrected chi connectivity index (χ1v) is 11.7. The molecule has 8 atom stereocenters. The molecule has 3 fully saturated rings. The summed E-state index contributed by atoms with van der Waals surface area (Å²) in [6, 6.07) is 0. The third kappa shape index (κ3) is 7.76. The fraction of sp³-hybridized carbons (Fsp3) is 1.00. The molecule has 0 unspecified atom stereocenters. The minimum atomic E-state index is -0.557. The number of fused-ring (bicyclic) bond motifs is 2. The van der Waals surface area contributed by atoms with Crippen LogP contribution in [0.5, 0.6) is 0 Å². The zero-order valence-electron chi connectivity index (χ0n) is 20.6. The van der Waals surface area contributed by atoms with Gasteiger partial charge < -0.3 is 56.8 Å². The Balaban J connectivity index is 1.58. The summed E-state index contributed by atoms with van der Waals surface area (Å²) in [4.78, 5) is 0. The third-order valence-electron chi connectivity index (χ3n) is 5.81. The normalized spacial score (nSPS) is 39.2. The summed E-state index contributed by atoms with van der Waals surface area (Å²) in [5.41, 5.74) is 0. The van der Waals surface area contributed by atoms with E-state index in [4.69, 9.17) is 56.8 Å². The van der Waals surface area contributed by atoms with Gasteiger partial charge in [0, 0.05) is 28.4 Å². The molecule has 0 aromatic heterocycles. The van der Waals surface area contributed by atoms with E-state index in [9.17, 15) is 0 Å². The van der Waals surface area contributed by atoms with Crippen molar-refractivity contribution in [1.29, 1.82) is 0 Å². The van der Waals surface area contributed by atoms with Gasteiger partial charge in [0.05, 0.1) is 66.1 Å². The minimum Gasteiger partial charge on any atom is -0.382 e. The molecule has 0 bridgehead atoms. The molecule has 0 spiro atoms. The Bertz CT molecular complexity index is 496. The summed E-state index contributed by atoms with van der Waals surface area (Å²) in [6.07, 6.45) is -3.28. The van der Waals surface area contributed by atoms with Gasteiger partial charge in [-0.05, 0) is 0 Å². The quantitative estimate of drug-likeness (QED) is 0.477. The van der Waals surface area contributed by atoms with Crippen molar-refractivity contribution in [2.75, 3.05) is 94.5 Å². The van der Waals surface area contributed by atoms with Gasteiger partial charge in [0.25, 0.3) is 0 Å². The lowest BCUT2D eigenvalue weighted by Gasteiger charge is -2.25. The molecule has 3 aliphatic heterocycles. The maximum absolute atomic E-state index is 6.07. The molecule has 0 N–H and O–H groups in total. The van der Waals surface area contributed by atoms with Crippen molar-refractivity contribution >= 4 is 0 Å². The number of hydrogen-bond acceptors (Lipinski definition) is 12. The van der Waals surface area contributed by atoms with Gasteiger partial charge in [-0.3, -0.25) is 0 Å². The van der Waals surface area contributed by atoms with Crippen molar-refractivity contribution in [2.45, 2.75) is 49.2 Å². The highest BCUT2D eigenvalue weighted by Crippen LogP contribution is 2.29. The average molecular weight is 497 g/mol. The average Bonchev–Trinajstić information content (AvgIpc) is 3.35. The van der Waals surface area contributed by atoms with Gasteiger partial charge in [0.15, 0.2) is 12.6 Å². The Morgan fingerprint density at radius 3 is 1.18 bits per heavy atom. The van der Waals surface area contributed by atoms with E-state index in [0.717, 1.165) is 0 Å². The minimum absolute atomic E-state index is 0.311. The third-order valence-corrected chi connectivity index (χ3v) is 5.81. The van der Waals surface area contributed by atoms with Gasteiger partial charge in [0.2, 0.25) is 0 Å². The van der Waals surface area contributed by atoms with Crippen molar-refractivity contribution in [3.63, 3.8) is 0 Å². The standard InChI is InChI=1S/C22H40O12/c1-23-13-15-17-19(21(25-3)33-15)31-11-7-28-8-12-32-20-18(30-10-6-27-5-9-29-17)16(14-24-2)34-22(20)26-4/h15-22H,5-14H2,1-4H3/t15-,16-,17+,18+,19-,20-,21-,22-/m1/s1. The van der Waals surface area contributed by atoms with Crippen LogP contribution in [0.1, 0.15) is 0 Å². The molecule has 200 valence electrons. The first-order valence-electron chi connectivity index (χ1n) is 11.7. The van der Waals surface area contributed by atoms with Crippen molar-refractivity contribution in [2.24, 2.45) is 0 Å². The molecule has 0 amide bonds. The molecule has 0 radical (unpaired) electrons. The largest absolute Gasteiger partial charge is 0.382 e. The second-order valence-electron chi connectivity index (χ2n) is 8.03. The predicted molar refractivity (Wildman–Crippen MR) is 116 cm³/mol. The summed E-state index contributed by atoms with van der Waals surface area (Å²) < 4.78 is 68.9. The fourth-order valence-corrected chi connectivity index (χ4v) is 4.29. The van der Waals surface area contributed by atoms with Gasteiger partial charge in [-0.1, -0.05) is 0 Å². The second kappa shape index (κ2) is 15.6. The lowest BCUT2D eigenvalue weighted by atomic mass is 10.1. The number of ether oxygens (including phenoxy) is 12. The van der Waals surface area contributed by atoms with E-state index in [2.05, 4.69) is 0 Å². The molecule has 3 heterocycles. The van der Waals surface area contributed by atoms with Crippen molar-refractivity contribution < 1.29 is 56.8 Å². The fourth-order valence-electron chi connectivity index (χ4n) is 4.29. The van der Waals surface area contributed by atoms with Crippen LogP contribution in [0.2, 0.25) is 0 Å². The van der Waals surface area contributed by atoms with E-state index in [0.29, 0.717) is 66.1 Å². The van der Waals surface area contributed by atoms with Gasteiger partial charge in [0.1, 0.15) is 36.6 Å². The zero-order valence-corrected chi connectivity index (χ0v) is 20.6. The highest BCUT2D eigenvalue weighted by atomic mass is 16.7. The molecule has 3 saturated heterocycles. The van der Waals surface area contributed by atoms with Crippen LogP contribution in [0.3, 0.4) is 0 Å². The zero-order chi connectivity index (χ0) is 24.2. The second-order valence-corrected chi connectivity index (χ2v) is 8.03. The van der Waals surface area contributed by atoms with Gasteiger partial charge >= 0.3 is 0 Å². The number of hydrogen-bond donors (Lipinski definition) is 0. The Morgan fingerprint density at radius 1 is 0.500 bits per heavy atom. The van der Waals surface area contributed by atoms with Crippen LogP contribution in [0, 0.1) is 0 Å². The van der Waals surface area contributed by atoms with Gasteiger partial charge in [-0.25, -0.2) is 0 Å². The van der Waals surface area contributed by atoms with Crippen LogP contribution in [-0.4, -0.2) is 144 Å². The lowest BCUT2D eigenvalue weighted by molar-refractivity contribution is -0.175. The molecule has 0 saturated carbocycles. The predicted octanol–water partition coefficient (Wildman–Crippen LogP) is -0.391. The summed E-state index contributed by atoms with van der Waals surface area (Å²) in [7, 11) is 6.39. The van der Waals surface area contributed by atoms with Gasteiger partial charge in [-0.2, -0.15) is 0 Å². The van der Waals surface area contributed by atoms with E-state index >= 15 is 0 Å². The van der Waals surface area contributed by atoms with Crippen LogP contribution >= 0.6 is 0 Å². The number of methoxy groups -OCH3 is 4. The SMILES string of the molecule is COC[C@H]1O[C@@H](OC)[C@@H]2OCCOCCO[C@H]3[C@H](OC)O[C@H](COC)[C@@H]3OCCOCCO[C@H]21. The Labute approximate surface area is 201 Å². The van der Waals surface area contributed by atoms with Gasteiger partial charge in [-0.15, -0.1) is 0 Å². The molecule has 3 rings (SSSR count). The maximum atomic E-state index is 6.07. The lowest BCUT2D eigenvalue weighted by Crippen LogP contribution is -2.41. The number of rotatable bonds is 6. The van der Waals surface area contributed by atoms with Crippen LogP contribution in [-0.2, 0) is 56.8 Å². The molecule has 0 aromatic rings. The van der Waals surface area contributed by atoms with E-state index in [1.807, 2.05) is 0 Å². The first-order chi connectivity index (χ1) is 16.7. The molecular weight excluding hydrogens is 456 g/mol. The molecule has 12 nitrogen and oxygen atoms in total. The van der Waals surface area contributed by atoms with Crippen molar-refractivity contribution in [1.82, 2.24) is 0 Å². The Hall–Kier alpha value is -0.480. The Kier molecular flexibility index (Phi) is 12.9. The van der Waals surface area contributed by atoms with Crippen molar-refractivity contribution in [3.05, 3.63) is 0 Å². The van der Waals surface area contributed by atoms with Crippen LogP contribution in [0.4, 0.5) is 0 Å².